The topological polar surface area (TPSA) is 41.1 Å². The molecular formula is C12H19ClN4. The molecule has 0 radical (unpaired) electrons. The van der Waals surface area contributed by atoms with E-state index in [0.29, 0.717) is 11.0 Å². The summed E-state index contributed by atoms with van der Waals surface area (Å²) < 4.78 is 0. The number of rotatable bonds is 3. The van der Waals surface area contributed by atoms with Crippen LogP contribution in [0.3, 0.4) is 0 Å². The van der Waals surface area contributed by atoms with Gasteiger partial charge in [-0.25, -0.2) is 4.98 Å². The molecule has 2 rings (SSSR count). The van der Waals surface area contributed by atoms with Crippen LogP contribution in [0.5, 0.6) is 0 Å². The number of hydrogen-bond acceptors (Lipinski definition) is 4. The van der Waals surface area contributed by atoms with Gasteiger partial charge in [0.2, 0.25) is 5.95 Å². The van der Waals surface area contributed by atoms with Crippen LogP contribution >= 0.6 is 11.6 Å². The molecule has 0 aromatic carbocycles. The minimum absolute atomic E-state index is 0.647. The second-order valence-electron chi connectivity index (χ2n) is 4.30. The van der Waals surface area contributed by atoms with E-state index in [-0.39, 0.29) is 0 Å². The fourth-order valence-corrected chi connectivity index (χ4v) is 2.32. The van der Waals surface area contributed by atoms with Crippen LogP contribution in [0.25, 0.3) is 0 Å². The zero-order valence-corrected chi connectivity index (χ0v) is 11.0. The molecule has 5 heteroatoms. The molecule has 1 aliphatic rings. The lowest BCUT2D eigenvalue weighted by atomic mass is 10.2. The first kappa shape index (κ1) is 12.4. The molecule has 1 saturated heterocycles. The van der Waals surface area contributed by atoms with E-state index in [1.807, 2.05) is 6.92 Å². The first-order valence-corrected chi connectivity index (χ1v) is 6.70. The van der Waals surface area contributed by atoms with Crippen LogP contribution in [0.15, 0.2) is 6.20 Å². The fourth-order valence-electron chi connectivity index (χ4n) is 2.11. The Morgan fingerprint density at radius 3 is 2.65 bits per heavy atom. The van der Waals surface area contributed by atoms with Gasteiger partial charge in [0.25, 0.3) is 0 Å². The molecule has 17 heavy (non-hydrogen) atoms. The maximum Gasteiger partial charge on any atom is 0.224 e. The Hall–Kier alpha value is -1.03. The van der Waals surface area contributed by atoms with Gasteiger partial charge in [-0.3, -0.25) is 0 Å². The largest absolute Gasteiger partial charge is 0.355 e. The van der Waals surface area contributed by atoms with E-state index in [2.05, 4.69) is 20.2 Å². The summed E-state index contributed by atoms with van der Waals surface area (Å²) >= 11 is 6.19. The molecule has 4 nitrogen and oxygen atoms in total. The zero-order valence-electron chi connectivity index (χ0n) is 10.2. The summed E-state index contributed by atoms with van der Waals surface area (Å²) in [4.78, 5) is 10.9. The van der Waals surface area contributed by atoms with Crippen LogP contribution in [0.4, 0.5) is 11.8 Å². The van der Waals surface area contributed by atoms with Crippen molar-refractivity contribution in [3.05, 3.63) is 11.2 Å². The first-order valence-electron chi connectivity index (χ1n) is 6.32. The summed E-state index contributed by atoms with van der Waals surface area (Å²) in [6.07, 6.45) is 6.74. The molecule has 0 amide bonds. The van der Waals surface area contributed by atoms with Gasteiger partial charge in [0.15, 0.2) is 5.82 Å². The van der Waals surface area contributed by atoms with Crippen molar-refractivity contribution >= 4 is 23.4 Å². The van der Waals surface area contributed by atoms with E-state index < -0.39 is 0 Å². The van der Waals surface area contributed by atoms with Gasteiger partial charge in [0.1, 0.15) is 5.02 Å². The normalized spacial score (nSPS) is 16.7. The lowest BCUT2D eigenvalue weighted by Gasteiger charge is -2.22. The van der Waals surface area contributed by atoms with Gasteiger partial charge in [0.05, 0.1) is 6.20 Å². The second-order valence-corrected chi connectivity index (χ2v) is 4.70. The minimum Gasteiger partial charge on any atom is -0.355 e. The Labute approximate surface area is 107 Å². The molecule has 0 spiro atoms. The van der Waals surface area contributed by atoms with E-state index >= 15 is 0 Å². The van der Waals surface area contributed by atoms with Crippen molar-refractivity contribution in [1.82, 2.24) is 9.97 Å². The molecule has 0 unspecified atom stereocenters. The highest BCUT2D eigenvalue weighted by Gasteiger charge is 2.15. The molecule has 1 aromatic rings. The van der Waals surface area contributed by atoms with Crippen LogP contribution in [-0.4, -0.2) is 29.6 Å². The van der Waals surface area contributed by atoms with Crippen molar-refractivity contribution in [1.29, 1.82) is 0 Å². The van der Waals surface area contributed by atoms with Gasteiger partial charge in [-0.15, -0.1) is 0 Å². The van der Waals surface area contributed by atoms with Gasteiger partial charge in [-0.05, 0) is 19.8 Å². The molecule has 0 aliphatic carbocycles. The summed E-state index contributed by atoms with van der Waals surface area (Å²) in [5.41, 5.74) is 0. The third-order valence-corrected chi connectivity index (χ3v) is 3.23. The number of halogens is 1. The van der Waals surface area contributed by atoms with Crippen molar-refractivity contribution in [3.8, 4) is 0 Å². The highest BCUT2D eigenvalue weighted by Crippen LogP contribution is 2.26. The molecule has 1 N–H and O–H groups in total. The highest BCUT2D eigenvalue weighted by molar-refractivity contribution is 6.32. The molecule has 1 aromatic heterocycles. The van der Waals surface area contributed by atoms with E-state index in [4.69, 9.17) is 11.6 Å². The van der Waals surface area contributed by atoms with Gasteiger partial charge in [-0.2, -0.15) is 4.98 Å². The van der Waals surface area contributed by atoms with Crippen molar-refractivity contribution in [2.75, 3.05) is 29.9 Å². The molecule has 0 atom stereocenters. The van der Waals surface area contributed by atoms with Crippen LogP contribution in [0.2, 0.25) is 5.02 Å². The number of hydrogen-bond donors (Lipinski definition) is 1. The minimum atomic E-state index is 0.647. The van der Waals surface area contributed by atoms with Crippen LogP contribution in [0, 0.1) is 0 Å². The highest BCUT2D eigenvalue weighted by atomic mass is 35.5. The number of nitrogens with zero attached hydrogens (tertiary/aromatic N) is 3. The van der Waals surface area contributed by atoms with Crippen molar-refractivity contribution in [3.63, 3.8) is 0 Å². The van der Waals surface area contributed by atoms with Crippen LogP contribution < -0.4 is 10.2 Å². The van der Waals surface area contributed by atoms with Crippen molar-refractivity contribution in [2.24, 2.45) is 0 Å². The molecule has 1 fully saturated rings. The smallest absolute Gasteiger partial charge is 0.224 e. The van der Waals surface area contributed by atoms with E-state index in [0.717, 1.165) is 25.5 Å². The number of anilines is 2. The molecule has 94 valence electrons. The summed E-state index contributed by atoms with van der Waals surface area (Å²) in [6, 6.07) is 0. The first-order chi connectivity index (χ1) is 8.31. The Bertz CT molecular complexity index is 362. The number of aromatic nitrogens is 2. The van der Waals surface area contributed by atoms with E-state index in [1.54, 1.807) is 6.20 Å². The van der Waals surface area contributed by atoms with Gasteiger partial charge >= 0.3 is 0 Å². The summed E-state index contributed by atoms with van der Waals surface area (Å²) in [5.74, 6) is 1.54. The Balaban J connectivity index is 2.19. The predicted octanol–water partition coefficient (Wildman–Crippen LogP) is 2.94. The Kier molecular flexibility index (Phi) is 4.42. The molecule has 2 heterocycles. The van der Waals surface area contributed by atoms with Crippen LogP contribution in [-0.2, 0) is 0 Å². The second kappa shape index (κ2) is 6.05. The molecular weight excluding hydrogens is 236 g/mol. The van der Waals surface area contributed by atoms with Crippen molar-refractivity contribution < 1.29 is 0 Å². The quantitative estimate of drug-likeness (QED) is 0.901. The van der Waals surface area contributed by atoms with Gasteiger partial charge < -0.3 is 10.2 Å². The molecule has 0 saturated carbocycles. The van der Waals surface area contributed by atoms with Gasteiger partial charge in [0, 0.05) is 19.6 Å². The number of nitrogens with one attached hydrogen (secondary N) is 1. The predicted molar refractivity (Wildman–Crippen MR) is 71.9 cm³/mol. The Morgan fingerprint density at radius 1 is 1.29 bits per heavy atom. The third-order valence-electron chi connectivity index (χ3n) is 2.97. The lowest BCUT2D eigenvalue weighted by Crippen LogP contribution is -2.25. The fraction of sp³-hybridized carbons (Fsp3) is 0.667. The SMILES string of the molecule is CCNc1ncc(Cl)c(N2CCCCCC2)n1. The maximum absolute atomic E-state index is 6.19. The maximum atomic E-state index is 6.19. The van der Waals surface area contributed by atoms with Crippen molar-refractivity contribution in [2.45, 2.75) is 32.6 Å². The van der Waals surface area contributed by atoms with E-state index in [1.165, 1.54) is 25.7 Å². The van der Waals surface area contributed by atoms with Crippen LogP contribution in [0.1, 0.15) is 32.6 Å². The summed E-state index contributed by atoms with van der Waals surface area (Å²) in [7, 11) is 0. The third kappa shape index (κ3) is 3.22. The summed E-state index contributed by atoms with van der Waals surface area (Å²) in [5, 5.41) is 3.77. The molecule has 0 bridgehead atoms. The zero-order chi connectivity index (χ0) is 12.1. The average molecular weight is 255 g/mol. The monoisotopic (exact) mass is 254 g/mol. The standard InChI is InChI=1S/C12H19ClN4/c1-2-14-12-15-9-10(13)11(16-12)17-7-5-3-4-6-8-17/h9H,2-8H2,1H3,(H,14,15,16). The lowest BCUT2D eigenvalue weighted by molar-refractivity contribution is 0.726. The average Bonchev–Trinajstić information content (AvgIpc) is 2.60. The Morgan fingerprint density at radius 2 is 2.00 bits per heavy atom. The van der Waals surface area contributed by atoms with E-state index in [9.17, 15) is 0 Å². The summed E-state index contributed by atoms with van der Waals surface area (Å²) in [6.45, 7) is 4.94. The molecule has 1 aliphatic heterocycles. The van der Waals surface area contributed by atoms with Gasteiger partial charge in [-0.1, -0.05) is 24.4 Å².